The number of halogens is 3. The second-order valence-corrected chi connectivity index (χ2v) is 9.99. The van der Waals surface area contributed by atoms with Crippen LogP contribution < -0.4 is 9.47 Å². The maximum absolute atomic E-state index is 12.9. The number of fused-ring (bicyclic) bond motifs is 1. The van der Waals surface area contributed by atoms with Crippen molar-refractivity contribution in [3.63, 3.8) is 0 Å². The molecule has 1 saturated heterocycles. The number of ether oxygens (including phenoxy) is 2. The lowest BCUT2D eigenvalue weighted by molar-refractivity contribution is -0.137. The predicted molar refractivity (Wildman–Crippen MR) is 110 cm³/mol. The molecule has 166 valence electrons. The Labute approximate surface area is 181 Å². The van der Waals surface area contributed by atoms with Crippen LogP contribution >= 0.6 is 11.3 Å². The molecular formula is C20H19F3N2O4S2. The van der Waals surface area contributed by atoms with Gasteiger partial charge in [0, 0.05) is 13.1 Å². The lowest BCUT2D eigenvalue weighted by Gasteiger charge is -2.30. The molecule has 11 heteroatoms. The molecule has 1 aliphatic rings. The summed E-state index contributed by atoms with van der Waals surface area (Å²) in [7, 11) is -2.43. The van der Waals surface area contributed by atoms with Crippen LogP contribution in [0.3, 0.4) is 0 Å². The summed E-state index contributed by atoms with van der Waals surface area (Å²) in [5.41, 5.74) is -0.204. The maximum Gasteiger partial charge on any atom is 0.416 e. The third-order valence-corrected chi connectivity index (χ3v) is 7.85. The molecular weight excluding hydrogens is 453 g/mol. The molecule has 1 aromatic heterocycles. The Morgan fingerprint density at radius 3 is 2.55 bits per heavy atom. The van der Waals surface area contributed by atoms with E-state index in [0.717, 1.165) is 28.1 Å². The second-order valence-electron chi connectivity index (χ2n) is 7.06. The minimum Gasteiger partial charge on any atom is -0.497 e. The van der Waals surface area contributed by atoms with Crippen LogP contribution in [-0.4, -0.2) is 44.0 Å². The summed E-state index contributed by atoms with van der Waals surface area (Å²) < 4.78 is 77.7. The molecule has 0 spiro atoms. The van der Waals surface area contributed by atoms with E-state index in [1.54, 1.807) is 7.11 Å². The van der Waals surface area contributed by atoms with Gasteiger partial charge in [0.05, 0.1) is 27.8 Å². The van der Waals surface area contributed by atoms with Crippen molar-refractivity contribution in [2.45, 2.75) is 30.0 Å². The van der Waals surface area contributed by atoms with Crippen molar-refractivity contribution < 1.29 is 31.1 Å². The average Bonchev–Trinajstić information content (AvgIpc) is 3.15. The Hall–Kier alpha value is -2.37. The van der Waals surface area contributed by atoms with E-state index in [4.69, 9.17) is 9.47 Å². The average molecular weight is 473 g/mol. The number of benzene rings is 2. The summed E-state index contributed by atoms with van der Waals surface area (Å²) in [6.07, 6.45) is -4.00. The fourth-order valence-electron chi connectivity index (χ4n) is 3.38. The molecule has 3 aromatic rings. The second kappa shape index (κ2) is 8.29. The zero-order chi connectivity index (χ0) is 22.2. The third kappa shape index (κ3) is 4.63. The number of sulfonamides is 1. The van der Waals surface area contributed by atoms with Crippen LogP contribution in [0, 0.1) is 0 Å². The number of hydrogen-bond acceptors (Lipinski definition) is 6. The number of hydrogen-bond donors (Lipinski definition) is 0. The van der Waals surface area contributed by atoms with Crippen LogP contribution in [0.15, 0.2) is 47.4 Å². The smallest absolute Gasteiger partial charge is 0.416 e. The fourth-order valence-corrected chi connectivity index (χ4v) is 5.80. The summed E-state index contributed by atoms with van der Waals surface area (Å²) in [6.45, 7) is 0.309. The van der Waals surface area contributed by atoms with E-state index < -0.39 is 21.8 Å². The Kier molecular flexibility index (Phi) is 5.84. The number of piperidine rings is 1. The van der Waals surface area contributed by atoms with Gasteiger partial charge in [0.2, 0.25) is 10.0 Å². The summed E-state index contributed by atoms with van der Waals surface area (Å²) in [6, 6.07) is 9.32. The van der Waals surface area contributed by atoms with Gasteiger partial charge in [0.15, 0.2) is 0 Å². The van der Waals surface area contributed by atoms with Crippen LogP contribution in [0.1, 0.15) is 18.4 Å². The number of thiazole rings is 1. The quantitative estimate of drug-likeness (QED) is 0.545. The lowest BCUT2D eigenvalue weighted by atomic mass is 10.1. The first-order chi connectivity index (χ1) is 14.7. The van der Waals surface area contributed by atoms with Gasteiger partial charge in [-0.2, -0.15) is 17.5 Å². The van der Waals surface area contributed by atoms with E-state index in [9.17, 15) is 21.6 Å². The summed E-state index contributed by atoms with van der Waals surface area (Å²) in [5.74, 6) is 0.718. The largest absolute Gasteiger partial charge is 0.497 e. The van der Waals surface area contributed by atoms with Crippen LogP contribution in [0.5, 0.6) is 10.9 Å². The Morgan fingerprint density at radius 1 is 1.13 bits per heavy atom. The molecule has 2 heterocycles. The number of nitrogens with zero attached hydrogens (tertiary/aromatic N) is 2. The van der Waals surface area contributed by atoms with Gasteiger partial charge in [-0.15, -0.1) is 0 Å². The van der Waals surface area contributed by atoms with Crippen molar-refractivity contribution in [2.75, 3.05) is 20.2 Å². The first-order valence-corrected chi connectivity index (χ1v) is 11.7. The highest BCUT2D eigenvalue weighted by molar-refractivity contribution is 7.89. The van der Waals surface area contributed by atoms with E-state index >= 15 is 0 Å². The molecule has 1 aliphatic heterocycles. The molecule has 6 nitrogen and oxygen atoms in total. The number of aromatic nitrogens is 1. The van der Waals surface area contributed by atoms with Crippen LogP contribution in [0.4, 0.5) is 13.2 Å². The number of alkyl halides is 3. The Morgan fingerprint density at radius 2 is 1.87 bits per heavy atom. The molecule has 0 atom stereocenters. The van der Waals surface area contributed by atoms with Crippen LogP contribution in [0.2, 0.25) is 0 Å². The van der Waals surface area contributed by atoms with Gasteiger partial charge in [0.25, 0.3) is 5.19 Å². The van der Waals surface area contributed by atoms with Gasteiger partial charge in [-0.1, -0.05) is 17.4 Å². The van der Waals surface area contributed by atoms with Crippen molar-refractivity contribution in [2.24, 2.45) is 0 Å². The zero-order valence-electron chi connectivity index (χ0n) is 16.4. The lowest BCUT2D eigenvalue weighted by Crippen LogP contribution is -2.41. The molecule has 0 N–H and O–H groups in total. The Balaban J connectivity index is 1.42. The SMILES string of the molecule is COc1ccc2nc(OC3CCN(S(=O)(=O)c4cccc(C(F)(F)F)c4)CC3)sc2c1. The molecule has 0 unspecified atom stereocenters. The highest BCUT2D eigenvalue weighted by atomic mass is 32.2. The van der Waals surface area contributed by atoms with Crippen molar-refractivity contribution in [3.8, 4) is 10.9 Å². The predicted octanol–water partition coefficient (Wildman–Crippen LogP) is 4.56. The van der Waals surface area contributed by atoms with E-state index in [1.807, 2.05) is 18.2 Å². The minimum absolute atomic E-state index is 0.155. The van der Waals surface area contributed by atoms with Gasteiger partial charge in [-0.05, 0) is 49.2 Å². The summed E-state index contributed by atoms with van der Waals surface area (Å²) >= 11 is 1.38. The van der Waals surface area contributed by atoms with Crippen molar-refractivity contribution in [1.29, 1.82) is 0 Å². The van der Waals surface area contributed by atoms with Gasteiger partial charge in [-0.3, -0.25) is 0 Å². The van der Waals surface area contributed by atoms with Crippen molar-refractivity contribution in [1.82, 2.24) is 9.29 Å². The standard InChI is InChI=1S/C20H19F3N2O4S2/c1-28-15-5-6-17-18(12-15)30-19(24-17)29-14-7-9-25(10-8-14)31(26,27)16-4-2-3-13(11-16)20(21,22)23/h2-6,11-12,14H,7-10H2,1H3. The monoisotopic (exact) mass is 472 g/mol. The Bertz CT molecular complexity index is 1190. The highest BCUT2D eigenvalue weighted by Crippen LogP contribution is 2.34. The molecule has 1 fully saturated rings. The van der Waals surface area contributed by atoms with E-state index in [2.05, 4.69) is 4.98 Å². The molecule has 31 heavy (non-hydrogen) atoms. The number of rotatable bonds is 5. The van der Waals surface area contributed by atoms with Crippen LogP contribution in [0.25, 0.3) is 10.2 Å². The minimum atomic E-state index is -4.60. The third-order valence-electron chi connectivity index (χ3n) is 5.04. The fraction of sp³-hybridized carbons (Fsp3) is 0.350. The topological polar surface area (TPSA) is 68.7 Å². The van der Waals surface area contributed by atoms with E-state index in [1.165, 1.54) is 21.7 Å². The van der Waals surface area contributed by atoms with E-state index in [-0.39, 0.29) is 24.1 Å². The zero-order valence-corrected chi connectivity index (χ0v) is 18.1. The highest BCUT2D eigenvalue weighted by Gasteiger charge is 2.34. The number of methoxy groups -OCH3 is 1. The summed E-state index contributed by atoms with van der Waals surface area (Å²) in [4.78, 5) is 4.07. The molecule has 0 aliphatic carbocycles. The first kappa shape index (κ1) is 21.8. The van der Waals surface area contributed by atoms with Crippen molar-refractivity contribution >= 4 is 31.6 Å². The maximum atomic E-state index is 12.9. The molecule has 2 aromatic carbocycles. The van der Waals surface area contributed by atoms with Gasteiger partial charge in [-0.25, -0.2) is 13.4 Å². The molecule has 0 amide bonds. The van der Waals surface area contributed by atoms with Gasteiger partial charge < -0.3 is 9.47 Å². The van der Waals surface area contributed by atoms with Gasteiger partial charge >= 0.3 is 6.18 Å². The summed E-state index contributed by atoms with van der Waals surface area (Å²) in [5, 5.41) is 0.488. The molecule has 0 bridgehead atoms. The van der Waals surface area contributed by atoms with Crippen LogP contribution in [-0.2, 0) is 16.2 Å². The normalized spacial score (nSPS) is 16.5. The molecule has 0 radical (unpaired) electrons. The van der Waals surface area contributed by atoms with Crippen molar-refractivity contribution in [3.05, 3.63) is 48.0 Å². The van der Waals surface area contributed by atoms with Gasteiger partial charge in [0.1, 0.15) is 11.9 Å². The molecule has 4 rings (SSSR count). The van der Waals surface area contributed by atoms with E-state index in [0.29, 0.717) is 24.1 Å². The molecule has 0 saturated carbocycles. The first-order valence-electron chi connectivity index (χ1n) is 9.45.